The lowest BCUT2D eigenvalue weighted by atomic mass is 9.96. The first-order valence-electron chi connectivity index (χ1n) is 14.5. The minimum atomic E-state index is -2.43. The van der Waals surface area contributed by atoms with E-state index in [0.29, 0.717) is 0 Å². The van der Waals surface area contributed by atoms with Crippen molar-refractivity contribution < 1.29 is 18.0 Å². The number of aromatic amines is 1. The average molecular weight is 647 g/mol. The fraction of sp³-hybridized carbons (Fsp3) is 0.793. The molecule has 1 aliphatic rings. The van der Waals surface area contributed by atoms with Crippen molar-refractivity contribution in [1.29, 1.82) is 0 Å². The summed E-state index contributed by atoms with van der Waals surface area (Å²) in [5.41, 5.74) is -0.764. The van der Waals surface area contributed by atoms with E-state index in [1.165, 1.54) is 22.4 Å². The Bertz CT molecular complexity index is 1210. The third-order valence-electron chi connectivity index (χ3n) is 9.80. The van der Waals surface area contributed by atoms with E-state index in [1.54, 1.807) is 6.08 Å². The standard InChI is InChI=1S/C29H55ClN2O6Si3/c1-26(2,3)39(10,11)35-20-29(17-18-30)23(38-41(14,15)28(7,8)9)22(37-40(12,13)27(4,5)6)24(36-29)32-19-16-21(33)31-25(32)34/h16-19,22-24H,20H2,1-15H3,(H,31,33,34)/b18-17-/t22-,23+,24-,29-/m1/s1. The molecule has 1 aliphatic heterocycles. The normalized spacial score (nSPS) is 25.3. The van der Waals surface area contributed by atoms with E-state index in [-0.39, 0.29) is 21.7 Å². The second-order valence-electron chi connectivity index (χ2n) is 16.0. The number of ether oxygens (including phenoxy) is 1. The van der Waals surface area contributed by atoms with E-state index in [2.05, 4.69) is 107 Å². The summed E-state index contributed by atoms with van der Waals surface area (Å²) in [6, 6.07) is 1.32. The highest BCUT2D eigenvalue weighted by Crippen LogP contribution is 2.50. The first-order valence-corrected chi connectivity index (χ1v) is 23.6. The minimum Gasteiger partial charge on any atom is -0.413 e. The Balaban J connectivity index is 2.88. The Hall–Kier alpha value is -0.799. The smallest absolute Gasteiger partial charge is 0.330 e. The van der Waals surface area contributed by atoms with Crippen molar-refractivity contribution in [2.75, 3.05) is 6.61 Å². The molecule has 0 aromatic carbocycles. The van der Waals surface area contributed by atoms with Gasteiger partial charge in [0, 0.05) is 17.8 Å². The minimum absolute atomic E-state index is 0.0421. The molecule has 2 heterocycles. The van der Waals surface area contributed by atoms with E-state index in [9.17, 15) is 9.59 Å². The summed E-state index contributed by atoms with van der Waals surface area (Å²) in [5, 5.41) is -0.280. The van der Waals surface area contributed by atoms with Gasteiger partial charge in [0.15, 0.2) is 31.2 Å². The van der Waals surface area contributed by atoms with Crippen LogP contribution in [0, 0.1) is 0 Å². The monoisotopic (exact) mass is 646 g/mol. The van der Waals surface area contributed by atoms with E-state index in [1.807, 2.05) is 0 Å². The summed E-state index contributed by atoms with van der Waals surface area (Å²) in [6.45, 7) is 32.9. The van der Waals surface area contributed by atoms with Gasteiger partial charge in [-0.2, -0.15) is 0 Å². The van der Waals surface area contributed by atoms with Gasteiger partial charge in [-0.3, -0.25) is 14.3 Å². The van der Waals surface area contributed by atoms with Crippen LogP contribution in [0.5, 0.6) is 0 Å². The van der Waals surface area contributed by atoms with Crippen LogP contribution < -0.4 is 11.2 Å². The Labute approximate surface area is 255 Å². The van der Waals surface area contributed by atoms with Crippen LogP contribution in [0.3, 0.4) is 0 Å². The molecule has 41 heavy (non-hydrogen) atoms. The van der Waals surface area contributed by atoms with Gasteiger partial charge in [0.05, 0.1) is 6.61 Å². The second-order valence-corrected chi connectivity index (χ2v) is 30.5. The van der Waals surface area contributed by atoms with Gasteiger partial charge in [-0.1, -0.05) is 73.9 Å². The molecule has 1 aromatic heterocycles. The molecule has 0 spiro atoms. The number of nitrogens with one attached hydrogen (secondary N) is 1. The Kier molecular flexibility index (Phi) is 10.6. The van der Waals surface area contributed by atoms with Gasteiger partial charge in [-0.15, -0.1) is 0 Å². The van der Waals surface area contributed by atoms with Crippen LogP contribution in [0.2, 0.25) is 54.4 Å². The van der Waals surface area contributed by atoms with Crippen LogP contribution in [0.25, 0.3) is 0 Å². The maximum Gasteiger partial charge on any atom is 0.330 e. The van der Waals surface area contributed by atoms with E-state index in [4.69, 9.17) is 29.6 Å². The quantitative estimate of drug-likeness (QED) is 0.282. The number of nitrogens with zero attached hydrogens (tertiary/aromatic N) is 1. The number of aromatic nitrogens is 2. The van der Waals surface area contributed by atoms with Gasteiger partial charge >= 0.3 is 5.69 Å². The fourth-order valence-electron chi connectivity index (χ4n) is 3.84. The highest BCUT2D eigenvalue weighted by molar-refractivity contribution is 6.75. The zero-order valence-corrected chi connectivity index (χ0v) is 31.8. The first-order chi connectivity index (χ1) is 18.2. The van der Waals surface area contributed by atoms with Crippen molar-refractivity contribution in [3.05, 3.63) is 44.7 Å². The van der Waals surface area contributed by atoms with E-state index in [0.717, 1.165) is 0 Å². The molecule has 1 saturated heterocycles. The van der Waals surface area contributed by atoms with Crippen molar-refractivity contribution in [2.24, 2.45) is 0 Å². The molecule has 0 unspecified atom stereocenters. The van der Waals surface area contributed by atoms with Crippen LogP contribution in [-0.2, 0) is 18.0 Å². The van der Waals surface area contributed by atoms with Crippen LogP contribution in [0.4, 0.5) is 0 Å². The van der Waals surface area contributed by atoms with Gasteiger partial charge in [0.1, 0.15) is 17.8 Å². The molecule has 4 atom stereocenters. The molecule has 0 radical (unpaired) electrons. The summed E-state index contributed by atoms with van der Waals surface area (Å²) in [4.78, 5) is 27.6. The molecule has 12 heteroatoms. The predicted molar refractivity (Wildman–Crippen MR) is 176 cm³/mol. The molecule has 0 saturated carbocycles. The van der Waals surface area contributed by atoms with Gasteiger partial charge in [0.2, 0.25) is 0 Å². The van der Waals surface area contributed by atoms with Crippen LogP contribution >= 0.6 is 11.6 Å². The summed E-state index contributed by atoms with van der Waals surface area (Å²) < 4.78 is 29.4. The van der Waals surface area contributed by atoms with Crippen LogP contribution in [0.15, 0.2) is 33.5 Å². The average Bonchev–Trinajstić information content (AvgIpc) is 3.03. The van der Waals surface area contributed by atoms with E-state index < -0.39 is 60.2 Å². The van der Waals surface area contributed by atoms with Crippen LogP contribution in [0.1, 0.15) is 68.5 Å². The van der Waals surface area contributed by atoms with Crippen LogP contribution in [-0.4, -0.2) is 58.9 Å². The molecule has 0 bridgehead atoms. The molecule has 8 nitrogen and oxygen atoms in total. The first kappa shape index (κ1) is 36.4. The van der Waals surface area contributed by atoms with Crippen molar-refractivity contribution >= 4 is 36.6 Å². The zero-order chi connectivity index (χ0) is 32.0. The predicted octanol–water partition coefficient (Wildman–Crippen LogP) is 7.36. The Morgan fingerprint density at radius 1 is 0.902 bits per heavy atom. The van der Waals surface area contributed by atoms with E-state index >= 15 is 0 Å². The van der Waals surface area contributed by atoms with Crippen molar-refractivity contribution in [1.82, 2.24) is 9.55 Å². The lowest BCUT2D eigenvalue weighted by molar-refractivity contribution is -0.0948. The fourth-order valence-corrected chi connectivity index (χ4v) is 7.67. The van der Waals surface area contributed by atoms with Crippen molar-refractivity contribution in [3.8, 4) is 0 Å². The molecule has 2 rings (SSSR count). The van der Waals surface area contributed by atoms with Gasteiger partial charge in [-0.25, -0.2) is 4.79 Å². The molecule has 236 valence electrons. The summed E-state index contributed by atoms with van der Waals surface area (Å²) in [6.07, 6.45) is 1.05. The summed E-state index contributed by atoms with van der Waals surface area (Å²) in [7, 11) is -7.10. The number of rotatable bonds is 9. The highest BCUT2D eigenvalue weighted by Gasteiger charge is 2.61. The molecular weight excluding hydrogens is 592 g/mol. The molecule has 1 fully saturated rings. The number of H-pyrrole nitrogens is 1. The Morgan fingerprint density at radius 2 is 1.39 bits per heavy atom. The SMILES string of the molecule is CC(C)(C)[Si](C)(C)OC[C@@]1(/C=C\Cl)O[C@@H](n2ccc(=O)[nH]c2=O)[C@H](O[Si](C)(C)C(C)(C)C)[C@@H]1O[Si](C)(C)C(C)(C)C. The summed E-state index contributed by atoms with van der Waals surface area (Å²) >= 11 is 6.34. The zero-order valence-electron chi connectivity index (χ0n) is 28.0. The maximum atomic E-state index is 13.2. The van der Waals surface area contributed by atoms with Gasteiger partial charge in [0.25, 0.3) is 5.56 Å². The third-order valence-corrected chi connectivity index (χ3v) is 23.3. The highest BCUT2D eigenvalue weighted by atomic mass is 35.5. The third kappa shape index (κ3) is 7.84. The van der Waals surface area contributed by atoms with Crippen molar-refractivity contribution in [3.63, 3.8) is 0 Å². The molecule has 1 aromatic rings. The lowest BCUT2D eigenvalue weighted by Crippen LogP contribution is -2.58. The second kappa shape index (κ2) is 11.9. The molecule has 1 N–H and O–H groups in total. The topological polar surface area (TPSA) is 91.8 Å². The lowest BCUT2D eigenvalue weighted by Gasteiger charge is -2.46. The largest absolute Gasteiger partial charge is 0.413 e. The van der Waals surface area contributed by atoms with Gasteiger partial charge in [-0.05, 0) is 60.5 Å². The Morgan fingerprint density at radius 3 is 1.83 bits per heavy atom. The molecule has 0 amide bonds. The van der Waals surface area contributed by atoms with Crippen molar-refractivity contribution in [2.45, 2.75) is 141 Å². The maximum absolute atomic E-state index is 13.2. The summed E-state index contributed by atoms with van der Waals surface area (Å²) in [5.74, 6) is 0. The number of hydrogen-bond acceptors (Lipinski definition) is 6. The molecular formula is C29H55ClN2O6Si3. The molecule has 0 aliphatic carbocycles. The van der Waals surface area contributed by atoms with Gasteiger partial charge < -0.3 is 18.0 Å². The number of hydrogen-bond donors (Lipinski definition) is 1. The number of halogens is 1.